The van der Waals surface area contributed by atoms with E-state index in [0.29, 0.717) is 11.5 Å². The lowest BCUT2D eigenvalue weighted by molar-refractivity contribution is -0.144. The van der Waals surface area contributed by atoms with Gasteiger partial charge in [-0.05, 0) is 41.3 Å². The van der Waals surface area contributed by atoms with Crippen molar-refractivity contribution in [2.24, 2.45) is 0 Å². The number of ether oxygens (including phenoxy) is 2. The molecule has 4 rings (SSSR count). The molecule has 0 amide bonds. The average Bonchev–Trinajstić information content (AvgIpc) is 2.75. The van der Waals surface area contributed by atoms with Gasteiger partial charge in [-0.15, -0.1) is 0 Å². The molecule has 4 aromatic rings. The van der Waals surface area contributed by atoms with Gasteiger partial charge in [0.05, 0.1) is 0 Å². The fourth-order valence-corrected chi connectivity index (χ4v) is 3.16. The van der Waals surface area contributed by atoms with E-state index in [0.717, 1.165) is 22.1 Å². The van der Waals surface area contributed by atoms with Crippen molar-refractivity contribution in [1.29, 1.82) is 0 Å². The average molecular weight is 384 g/mol. The molecule has 0 saturated heterocycles. The number of carbonyl (C=O) groups is 1. The van der Waals surface area contributed by atoms with Crippen molar-refractivity contribution in [3.63, 3.8) is 0 Å². The lowest BCUT2D eigenvalue weighted by Crippen LogP contribution is -2.29. The zero-order valence-corrected chi connectivity index (χ0v) is 15.7. The number of para-hydroxylation sites is 1. The normalized spacial score (nSPS) is 11.7. The number of fused-ring (bicyclic) bond motifs is 1. The fraction of sp³-hybridized carbons (Fsp3) is 0.0800. The van der Waals surface area contributed by atoms with Crippen LogP contribution in [0.3, 0.4) is 0 Å². The van der Waals surface area contributed by atoms with Crippen molar-refractivity contribution in [1.82, 2.24) is 0 Å². The Morgan fingerprint density at radius 2 is 1.41 bits per heavy atom. The Bertz CT molecular complexity index is 1100. The first-order valence-corrected chi connectivity index (χ1v) is 9.38. The molecule has 4 aromatic carbocycles. The van der Waals surface area contributed by atoms with Crippen molar-refractivity contribution >= 4 is 16.7 Å². The predicted octanol–water partition coefficient (Wildman–Crippen LogP) is 5.71. The molecule has 0 radical (unpaired) electrons. The van der Waals surface area contributed by atoms with Gasteiger partial charge in [0, 0.05) is 11.8 Å². The van der Waals surface area contributed by atoms with E-state index in [4.69, 9.17) is 9.47 Å². The fourth-order valence-electron chi connectivity index (χ4n) is 3.16. The molecule has 0 aliphatic heterocycles. The van der Waals surface area contributed by atoms with Gasteiger partial charge in [0.2, 0.25) is 0 Å². The van der Waals surface area contributed by atoms with Crippen LogP contribution in [0.5, 0.6) is 17.2 Å². The van der Waals surface area contributed by atoms with Crippen LogP contribution < -0.4 is 9.47 Å². The Morgan fingerprint density at radius 1 is 0.759 bits per heavy atom. The Morgan fingerprint density at radius 3 is 2.17 bits per heavy atom. The molecule has 0 heterocycles. The van der Waals surface area contributed by atoms with E-state index >= 15 is 0 Å². The highest BCUT2D eigenvalue weighted by molar-refractivity contribution is 5.88. The molecule has 4 nitrogen and oxygen atoms in total. The van der Waals surface area contributed by atoms with Crippen LogP contribution in [0.2, 0.25) is 0 Å². The third kappa shape index (κ3) is 4.55. The van der Waals surface area contributed by atoms with E-state index in [9.17, 15) is 9.90 Å². The van der Waals surface area contributed by atoms with Gasteiger partial charge in [-0.2, -0.15) is 0 Å². The second-order valence-electron chi connectivity index (χ2n) is 6.69. The summed E-state index contributed by atoms with van der Waals surface area (Å²) in [5.41, 5.74) is 0.859. The highest BCUT2D eigenvalue weighted by Crippen LogP contribution is 2.27. The van der Waals surface area contributed by atoms with Gasteiger partial charge in [-0.1, -0.05) is 66.7 Å². The summed E-state index contributed by atoms with van der Waals surface area (Å²) >= 11 is 0. The lowest BCUT2D eigenvalue weighted by Gasteiger charge is -2.17. The van der Waals surface area contributed by atoms with Crippen LogP contribution in [0, 0.1) is 0 Å². The number of hydrogen-bond acceptors (Lipinski definition) is 3. The monoisotopic (exact) mass is 384 g/mol. The van der Waals surface area contributed by atoms with E-state index in [2.05, 4.69) is 0 Å². The summed E-state index contributed by atoms with van der Waals surface area (Å²) in [7, 11) is 0. The molecule has 0 spiro atoms. The maximum Gasteiger partial charge on any atom is 0.345 e. The highest BCUT2D eigenvalue weighted by Gasteiger charge is 2.21. The summed E-state index contributed by atoms with van der Waals surface area (Å²) in [6, 6.07) is 30.3. The minimum absolute atomic E-state index is 0.254. The first-order valence-electron chi connectivity index (χ1n) is 9.38. The molecule has 0 aliphatic carbocycles. The van der Waals surface area contributed by atoms with Gasteiger partial charge >= 0.3 is 5.97 Å². The topological polar surface area (TPSA) is 55.8 Å². The van der Waals surface area contributed by atoms with Crippen molar-refractivity contribution in [3.05, 3.63) is 103 Å². The Hall–Kier alpha value is -3.79. The summed E-state index contributed by atoms with van der Waals surface area (Å²) < 4.78 is 11.7. The minimum Gasteiger partial charge on any atom is -0.478 e. The van der Waals surface area contributed by atoms with Crippen LogP contribution in [0.1, 0.15) is 5.56 Å². The maximum atomic E-state index is 11.8. The molecule has 0 saturated carbocycles. The Balaban J connectivity index is 1.49. The Labute approximate surface area is 169 Å². The number of benzene rings is 4. The zero-order valence-electron chi connectivity index (χ0n) is 15.7. The van der Waals surface area contributed by atoms with E-state index in [-0.39, 0.29) is 6.42 Å². The largest absolute Gasteiger partial charge is 0.478 e. The second-order valence-corrected chi connectivity index (χ2v) is 6.69. The van der Waals surface area contributed by atoms with E-state index < -0.39 is 12.1 Å². The molecule has 0 bridgehead atoms. The first kappa shape index (κ1) is 18.6. The van der Waals surface area contributed by atoms with E-state index in [1.54, 1.807) is 6.07 Å². The molecular weight excluding hydrogens is 364 g/mol. The maximum absolute atomic E-state index is 11.8. The Kier molecular flexibility index (Phi) is 5.43. The number of aliphatic carboxylic acids is 1. The van der Waals surface area contributed by atoms with Crippen molar-refractivity contribution < 1.29 is 19.4 Å². The van der Waals surface area contributed by atoms with Crippen LogP contribution in [-0.4, -0.2) is 17.2 Å². The standard InChI is InChI=1S/C25H20O4/c26-25(27)24(29-23-12-6-8-19-7-4-5-11-22(19)23)17-18-13-15-21(16-14-18)28-20-9-2-1-3-10-20/h1-16,24H,17H2,(H,26,27)/t24-/m1/s1. The predicted molar refractivity (Wildman–Crippen MR) is 113 cm³/mol. The van der Waals surface area contributed by atoms with Crippen LogP contribution in [0.4, 0.5) is 0 Å². The number of hydrogen-bond donors (Lipinski definition) is 1. The molecule has 0 unspecified atom stereocenters. The van der Waals surface area contributed by atoms with Gasteiger partial charge in [0.1, 0.15) is 17.2 Å². The molecule has 0 aromatic heterocycles. The van der Waals surface area contributed by atoms with E-state index in [1.807, 2.05) is 91.0 Å². The smallest absolute Gasteiger partial charge is 0.345 e. The summed E-state index contributed by atoms with van der Waals surface area (Å²) in [4.78, 5) is 11.8. The number of carboxylic acids is 1. The van der Waals surface area contributed by atoms with Crippen molar-refractivity contribution in [3.8, 4) is 17.2 Å². The quantitative estimate of drug-likeness (QED) is 0.444. The van der Waals surface area contributed by atoms with Gasteiger partial charge in [0.15, 0.2) is 6.10 Å². The first-order chi connectivity index (χ1) is 14.2. The molecule has 1 atom stereocenters. The van der Waals surface area contributed by atoms with Crippen LogP contribution in [0.15, 0.2) is 97.1 Å². The van der Waals surface area contributed by atoms with Crippen LogP contribution in [0.25, 0.3) is 10.8 Å². The third-order valence-electron chi connectivity index (χ3n) is 4.62. The zero-order chi connectivity index (χ0) is 20.1. The van der Waals surface area contributed by atoms with Gasteiger partial charge in [-0.3, -0.25) is 0 Å². The third-order valence-corrected chi connectivity index (χ3v) is 4.62. The second kappa shape index (κ2) is 8.48. The summed E-state index contributed by atoms with van der Waals surface area (Å²) in [6.45, 7) is 0. The summed E-state index contributed by atoms with van der Waals surface area (Å²) in [5, 5.41) is 11.6. The number of rotatable bonds is 7. The van der Waals surface area contributed by atoms with E-state index in [1.165, 1.54) is 0 Å². The summed E-state index contributed by atoms with van der Waals surface area (Å²) in [6.07, 6.45) is -0.730. The number of carboxylic acid groups (broad SMARTS) is 1. The molecule has 0 aliphatic rings. The van der Waals surface area contributed by atoms with Crippen LogP contribution in [-0.2, 0) is 11.2 Å². The summed E-state index contributed by atoms with van der Waals surface area (Å²) in [5.74, 6) is 1.02. The highest BCUT2D eigenvalue weighted by atomic mass is 16.5. The van der Waals surface area contributed by atoms with Crippen molar-refractivity contribution in [2.75, 3.05) is 0 Å². The SMILES string of the molecule is O=C(O)[C@@H](Cc1ccc(Oc2ccccc2)cc1)Oc1cccc2ccccc12. The lowest BCUT2D eigenvalue weighted by atomic mass is 10.1. The molecule has 4 heteroatoms. The minimum atomic E-state index is -0.998. The molecule has 29 heavy (non-hydrogen) atoms. The van der Waals surface area contributed by atoms with Gasteiger partial charge in [-0.25, -0.2) is 4.79 Å². The van der Waals surface area contributed by atoms with Crippen molar-refractivity contribution in [2.45, 2.75) is 12.5 Å². The van der Waals surface area contributed by atoms with Crippen LogP contribution >= 0.6 is 0 Å². The molecule has 0 fully saturated rings. The molecule has 144 valence electrons. The van der Waals surface area contributed by atoms with Gasteiger partial charge in [0.25, 0.3) is 0 Å². The molecule has 1 N–H and O–H groups in total. The molecular formula is C25H20O4. The van der Waals surface area contributed by atoms with Gasteiger partial charge < -0.3 is 14.6 Å².